The number of fused-ring (bicyclic) bond motifs is 1. The van der Waals surface area contributed by atoms with Gasteiger partial charge in [-0.15, -0.1) is 0 Å². The second-order valence-electron chi connectivity index (χ2n) is 8.79. The van der Waals surface area contributed by atoms with E-state index in [4.69, 9.17) is 19.4 Å². The van der Waals surface area contributed by atoms with Crippen molar-refractivity contribution in [2.75, 3.05) is 19.5 Å². The molecule has 5 heteroatoms. The molecule has 0 saturated heterocycles. The number of ether oxygens (including phenoxy) is 2. The average molecular weight is 440 g/mol. The van der Waals surface area contributed by atoms with E-state index in [9.17, 15) is 0 Å². The van der Waals surface area contributed by atoms with E-state index >= 15 is 0 Å². The van der Waals surface area contributed by atoms with Crippen LogP contribution in [0, 0.1) is 6.92 Å². The minimum absolute atomic E-state index is 0.0636. The van der Waals surface area contributed by atoms with E-state index in [0.717, 1.165) is 35.4 Å². The number of nitrogens with one attached hydrogen (secondary N) is 1. The van der Waals surface area contributed by atoms with Crippen LogP contribution in [0.15, 0.2) is 60.7 Å². The van der Waals surface area contributed by atoms with Crippen molar-refractivity contribution in [1.29, 1.82) is 0 Å². The van der Waals surface area contributed by atoms with Crippen LogP contribution in [0.1, 0.15) is 48.7 Å². The Hall–Kier alpha value is -3.60. The highest BCUT2D eigenvalue weighted by molar-refractivity contribution is 5.92. The molecule has 33 heavy (non-hydrogen) atoms. The third-order valence-electron chi connectivity index (χ3n) is 6.29. The van der Waals surface area contributed by atoms with Gasteiger partial charge >= 0.3 is 0 Å². The summed E-state index contributed by atoms with van der Waals surface area (Å²) < 4.78 is 11.1. The molecule has 0 amide bonds. The number of aromatic nitrogens is 2. The topological polar surface area (TPSA) is 56.3 Å². The van der Waals surface area contributed by atoms with Crippen LogP contribution in [0.3, 0.4) is 0 Å². The zero-order valence-corrected chi connectivity index (χ0v) is 19.6. The van der Waals surface area contributed by atoms with Crippen molar-refractivity contribution in [3.8, 4) is 22.6 Å². The Bertz CT molecular complexity index is 1300. The smallest absolute Gasteiger partial charge is 0.162 e. The van der Waals surface area contributed by atoms with Gasteiger partial charge < -0.3 is 14.8 Å². The summed E-state index contributed by atoms with van der Waals surface area (Å²) in [5.74, 6) is 3.53. The number of nitrogens with zero attached hydrogens (tertiary/aromatic N) is 2. The Morgan fingerprint density at radius 1 is 0.879 bits per heavy atom. The van der Waals surface area contributed by atoms with Crippen LogP contribution in [0.5, 0.6) is 11.5 Å². The van der Waals surface area contributed by atoms with Gasteiger partial charge in [-0.05, 0) is 55.5 Å². The zero-order chi connectivity index (χ0) is 22.9. The van der Waals surface area contributed by atoms with E-state index < -0.39 is 0 Å². The first kappa shape index (κ1) is 21.3. The van der Waals surface area contributed by atoms with E-state index in [1.54, 1.807) is 14.2 Å². The Morgan fingerprint density at radius 3 is 2.30 bits per heavy atom. The molecule has 1 aliphatic rings. The van der Waals surface area contributed by atoms with Gasteiger partial charge in [-0.3, -0.25) is 0 Å². The van der Waals surface area contributed by atoms with Crippen LogP contribution in [0.4, 0.5) is 5.82 Å². The van der Waals surface area contributed by atoms with Gasteiger partial charge in [0.15, 0.2) is 11.5 Å². The van der Waals surface area contributed by atoms with Crippen molar-refractivity contribution in [3.05, 3.63) is 77.6 Å². The van der Waals surface area contributed by atoms with E-state index in [-0.39, 0.29) is 6.04 Å². The van der Waals surface area contributed by atoms with Crippen LogP contribution in [-0.2, 0) is 0 Å². The summed E-state index contributed by atoms with van der Waals surface area (Å²) in [6.45, 7) is 4.28. The lowest BCUT2D eigenvalue weighted by Crippen LogP contribution is -2.10. The summed E-state index contributed by atoms with van der Waals surface area (Å²) in [4.78, 5) is 9.77. The molecule has 5 nitrogen and oxygen atoms in total. The minimum atomic E-state index is 0.0636. The molecule has 1 aromatic heterocycles. The molecule has 1 fully saturated rings. The molecule has 5 rings (SSSR count). The Kier molecular flexibility index (Phi) is 5.63. The Labute approximate surface area is 194 Å². The number of hydrogen-bond donors (Lipinski definition) is 1. The number of hydrogen-bond acceptors (Lipinski definition) is 5. The van der Waals surface area contributed by atoms with Crippen molar-refractivity contribution in [2.45, 2.75) is 38.6 Å². The molecule has 0 aliphatic heterocycles. The van der Waals surface area contributed by atoms with Gasteiger partial charge in [0.2, 0.25) is 0 Å². The van der Waals surface area contributed by atoms with Crippen LogP contribution < -0.4 is 14.8 Å². The molecule has 1 aliphatic carbocycles. The lowest BCUT2D eigenvalue weighted by molar-refractivity contribution is 0.356. The highest BCUT2D eigenvalue weighted by Gasteiger charge is 2.28. The summed E-state index contributed by atoms with van der Waals surface area (Å²) >= 11 is 0. The molecule has 0 unspecified atom stereocenters. The predicted octanol–water partition coefficient (Wildman–Crippen LogP) is 6.67. The molecule has 1 N–H and O–H groups in total. The van der Waals surface area contributed by atoms with Crippen LogP contribution in [0.2, 0.25) is 0 Å². The molecule has 0 spiro atoms. The Morgan fingerprint density at radius 2 is 1.61 bits per heavy atom. The van der Waals surface area contributed by atoms with Crippen molar-refractivity contribution >= 4 is 16.7 Å². The third-order valence-corrected chi connectivity index (χ3v) is 6.29. The highest BCUT2D eigenvalue weighted by Crippen LogP contribution is 2.41. The first-order valence-electron chi connectivity index (χ1n) is 11.4. The van der Waals surface area contributed by atoms with Crippen LogP contribution in [-0.4, -0.2) is 24.2 Å². The van der Waals surface area contributed by atoms with Crippen molar-refractivity contribution in [1.82, 2.24) is 9.97 Å². The number of benzene rings is 3. The molecule has 0 bridgehead atoms. The molecule has 1 heterocycles. The first-order chi connectivity index (χ1) is 16.1. The van der Waals surface area contributed by atoms with Crippen LogP contribution >= 0.6 is 0 Å². The molecule has 4 aromatic rings. The van der Waals surface area contributed by atoms with Gasteiger partial charge in [-0.2, -0.15) is 0 Å². The molecule has 168 valence electrons. The largest absolute Gasteiger partial charge is 0.493 e. The monoisotopic (exact) mass is 439 g/mol. The number of rotatable bonds is 7. The third kappa shape index (κ3) is 4.36. The second kappa shape index (κ2) is 8.74. The zero-order valence-electron chi connectivity index (χ0n) is 19.6. The van der Waals surface area contributed by atoms with E-state index in [2.05, 4.69) is 67.7 Å². The van der Waals surface area contributed by atoms with Gasteiger partial charge in [0, 0.05) is 23.4 Å². The fourth-order valence-electron chi connectivity index (χ4n) is 4.13. The van der Waals surface area contributed by atoms with Gasteiger partial charge in [-0.25, -0.2) is 9.97 Å². The summed E-state index contributed by atoms with van der Waals surface area (Å²) in [6, 6.07) is 21.3. The minimum Gasteiger partial charge on any atom is -0.493 e. The van der Waals surface area contributed by atoms with E-state index in [1.165, 1.54) is 22.3 Å². The maximum absolute atomic E-state index is 5.54. The molecule has 3 aromatic carbocycles. The SMILES string of the molecule is COc1cc2nc(C3CC3)nc(N[C@H](C)c3cccc(-c4ccc(C)cc4)c3)c2cc1OC. The van der Waals surface area contributed by atoms with Crippen LogP contribution in [0.25, 0.3) is 22.0 Å². The average Bonchev–Trinajstić information content (AvgIpc) is 3.69. The van der Waals surface area contributed by atoms with E-state index in [0.29, 0.717) is 17.4 Å². The molecule has 1 atom stereocenters. The molecular formula is C28H29N3O2. The lowest BCUT2D eigenvalue weighted by Gasteiger charge is -2.19. The van der Waals surface area contributed by atoms with Crippen molar-refractivity contribution < 1.29 is 9.47 Å². The summed E-state index contributed by atoms with van der Waals surface area (Å²) in [7, 11) is 3.30. The van der Waals surface area contributed by atoms with E-state index in [1.807, 2.05) is 12.1 Å². The normalized spacial score (nSPS) is 14.2. The van der Waals surface area contributed by atoms with Gasteiger partial charge in [0.05, 0.1) is 19.7 Å². The molecule has 1 saturated carbocycles. The maximum atomic E-state index is 5.54. The predicted molar refractivity (Wildman–Crippen MR) is 133 cm³/mol. The molecular weight excluding hydrogens is 410 g/mol. The quantitative estimate of drug-likeness (QED) is 0.348. The van der Waals surface area contributed by atoms with Gasteiger partial charge in [-0.1, -0.05) is 48.0 Å². The van der Waals surface area contributed by atoms with Crippen molar-refractivity contribution in [3.63, 3.8) is 0 Å². The first-order valence-corrected chi connectivity index (χ1v) is 11.4. The summed E-state index contributed by atoms with van der Waals surface area (Å²) in [5.41, 5.74) is 5.76. The highest BCUT2D eigenvalue weighted by atomic mass is 16.5. The lowest BCUT2D eigenvalue weighted by atomic mass is 9.99. The summed E-state index contributed by atoms with van der Waals surface area (Å²) in [6.07, 6.45) is 2.29. The van der Waals surface area contributed by atoms with Gasteiger partial charge in [0.25, 0.3) is 0 Å². The number of methoxy groups -OCH3 is 2. The van der Waals surface area contributed by atoms with Gasteiger partial charge in [0.1, 0.15) is 11.6 Å². The summed E-state index contributed by atoms with van der Waals surface area (Å²) in [5, 5.41) is 4.58. The Balaban J connectivity index is 1.51. The fourth-order valence-corrected chi connectivity index (χ4v) is 4.13. The molecule has 0 radical (unpaired) electrons. The maximum Gasteiger partial charge on any atom is 0.162 e. The number of anilines is 1. The fraction of sp³-hybridized carbons (Fsp3) is 0.286. The number of aryl methyl sites for hydroxylation is 1. The second-order valence-corrected chi connectivity index (χ2v) is 8.79. The standard InChI is InChI=1S/C28H29N3O2/c1-17-8-10-19(11-9-17)22-7-5-6-21(14-22)18(2)29-28-23-15-25(32-3)26(33-4)16-24(23)30-27(31-28)20-12-13-20/h5-11,14-16,18,20H,12-13H2,1-4H3,(H,29,30,31)/t18-/m1/s1. The van der Waals surface area contributed by atoms with Crippen molar-refractivity contribution in [2.24, 2.45) is 0 Å².